The molecule has 0 bridgehead atoms. The van der Waals surface area contributed by atoms with E-state index in [4.69, 9.17) is 4.74 Å². The number of anilines is 1. The summed E-state index contributed by atoms with van der Waals surface area (Å²) in [5.74, 6) is 2.03. The van der Waals surface area contributed by atoms with Gasteiger partial charge in [-0.2, -0.15) is 0 Å². The summed E-state index contributed by atoms with van der Waals surface area (Å²) in [6, 6.07) is 4.25. The molecule has 5 nitrogen and oxygen atoms in total. The number of methoxy groups -OCH3 is 2. The molecule has 2 saturated carbocycles. The van der Waals surface area contributed by atoms with Crippen LogP contribution < -0.4 is 10.1 Å². The van der Waals surface area contributed by atoms with Gasteiger partial charge in [0.1, 0.15) is 11.4 Å². The summed E-state index contributed by atoms with van der Waals surface area (Å²) in [6.07, 6.45) is 5.00. The number of carbonyl (C=O) groups is 1. The zero-order valence-electron chi connectivity index (χ0n) is 20.3. The predicted molar refractivity (Wildman–Crippen MR) is 125 cm³/mol. The van der Waals surface area contributed by atoms with Crippen molar-refractivity contribution in [1.82, 2.24) is 0 Å². The molecule has 0 heterocycles. The molecule has 5 heteroatoms. The maximum absolute atomic E-state index is 12.2. The van der Waals surface area contributed by atoms with Gasteiger partial charge in [0.15, 0.2) is 5.78 Å². The number of carbonyl (C=O) groups excluding carboxylic acids is 1. The SMILES string of the molecule is CC.CC.CNc1c(OC)ccc2c1CCC1C2CCC2(O)C(=O)CCC12.COC. The second-order valence-electron chi connectivity index (χ2n) is 7.71. The average Bonchev–Trinajstić information content (AvgIpc) is 3.10. The average molecular weight is 422 g/mol. The summed E-state index contributed by atoms with van der Waals surface area (Å²) >= 11 is 0. The van der Waals surface area contributed by atoms with Crippen molar-refractivity contribution in [2.45, 2.75) is 77.7 Å². The largest absolute Gasteiger partial charge is 0.495 e. The number of nitrogens with one attached hydrogen (secondary N) is 1. The summed E-state index contributed by atoms with van der Waals surface area (Å²) in [5, 5.41) is 14.2. The third kappa shape index (κ3) is 4.83. The number of benzene rings is 1. The van der Waals surface area contributed by atoms with Crippen LogP contribution >= 0.6 is 0 Å². The maximum atomic E-state index is 12.2. The molecule has 4 rings (SSSR count). The van der Waals surface area contributed by atoms with Gasteiger partial charge >= 0.3 is 0 Å². The third-order valence-corrected chi connectivity index (χ3v) is 6.56. The lowest BCUT2D eigenvalue weighted by atomic mass is 9.59. The number of ether oxygens (including phenoxy) is 2. The van der Waals surface area contributed by atoms with Crippen molar-refractivity contribution >= 4 is 11.5 Å². The maximum Gasteiger partial charge on any atom is 0.164 e. The highest BCUT2D eigenvalue weighted by molar-refractivity contribution is 5.90. The molecule has 4 atom stereocenters. The molecule has 4 unspecified atom stereocenters. The van der Waals surface area contributed by atoms with Crippen molar-refractivity contribution in [2.75, 3.05) is 33.7 Å². The van der Waals surface area contributed by atoms with Crippen LogP contribution in [0.1, 0.15) is 76.8 Å². The Morgan fingerprint density at radius 2 is 1.67 bits per heavy atom. The zero-order chi connectivity index (χ0) is 22.9. The minimum Gasteiger partial charge on any atom is -0.495 e. The minimum absolute atomic E-state index is 0.0809. The molecular formula is C25H43NO4. The second kappa shape index (κ2) is 12.3. The van der Waals surface area contributed by atoms with Gasteiger partial charge in [0.25, 0.3) is 0 Å². The molecule has 0 amide bonds. The van der Waals surface area contributed by atoms with E-state index in [2.05, 4.69) is 16.1 Å². The summed E-state index contributed by atoms with van der Waals surface area (Å²) in [4.78, 5) is 12.2. The van der Waals surface area contributed by atoms with Crippen LogP contribution in [0.4, 0.5) is 5.69 Å². The summed E-state index contributed by atoms with van der Waals surface area (Å²) < 4.78 is 9.74. The van der Waals surface area contributed by atoms with Gasteiger partial charge in [0, 0.05) is 27.7 Å². The molecule has 1 aromatic rings. The van der Waals surface area contributed by atoms with Crippen molar-refractivity contribution in [3.8, 4) is 5.75 Å². The number of hydrogen-bond donors (Lipinski definition) is 2. The highest BCUT2D eigenvalue weighted by atomic mass is 16.5. The van der Waals surface area contributed by atoms with Crippen LogP contribution in [0.25, 0.3) is 0 Å². The molecule has 2 fully saturated rings. The van der Waals surface area contributed by atoms with Crippen molar-refractivity contribution in [2.24, 2.45) is 11.8 Å². The first-order chi connectivity index (χ1) is 14.5. The summed E-state index contributed by atoms with van der Waals surface area (Å²) in [6.45, 7) is 8.00. The van der Waals surface area contributed by atoms with E-state index in [9.17, 15) is 9.90 Å². The van der Waals surface area contributed by atoms with Crippen molar-refractivity contribution in [3.63, 3.8) is 0 Å². The van der Waals surface area contributed by atoms with Crippen molar-refractivity contribution in [3.05, 3.63) is 23.3 Å². The number of fused-ring (bicyclic) bond motifs is 5. The van der Waals surface area contributed by atoms with Gasteiger partial charge in [-0.1, -0.05) is 33.8 Å². The van der Waals surface area contributed by atoms with Crippen LogP contribution in [0, 0.1) is 11.8 Å². The molecular weight excluding hydrogens is 378 g/mol. The third-order valence-electron chi connectivity index (χ3n) is 6.56. The van der Waals surface area contributed by atoms with Crippen LogP contribution in [0.15, 0.2) is 12.1 Å². The Morgan fingerprint density at radius 3 is 2.23 bits per heavy atom. The Kier molecular flexibility index (Phi) is 10.9. The van der Waals surface area contributed by atoms with E-state index in [1.807, 2.05) is 40.8 Å². The van der Waals surface area contributed by atoms with Crippen LogP contribution in [0.2, 0.25) is 0 Å². The molecule has 0 radical (unpaired) electrons. The van der Waals surface area contributed by atoms with Gasteiger partial charge in [-0.15, -0.1) is 0 Å². The van der Waals surface area contributed by atoms with Crippen LogP contribution in [-0.2, 0) is 16.0 Å². The highest BCUT2D eigenvalue weighted by Gasteiger charge is 2.56. The number of ketones is 1. The first-order valence-corrected chi connectivity index (χ1v) is 11.5. The van der Waals surface area contributed by atoms with Crippen LogP contribution in [0.3, 0.4) is 0 Å². The lowest BCUT2D eigenvalue weighted by Gasteiger charge is -2.47. The van der Waals surface area contributed by atoms with E-state index in [1.165, 1.54) is 11.1 Å². The van der Waals surface area contributed by atoms with Gasteiger partial charge in [0.05, 0.1) is 12.8 Å². The number of hydrogen-bond acceptors (Lipinski definition) is 5. The van der Waals surface area contributed by atoms with Crippen LogP contribution in [0.5, 0.6) is 5.75 Å². The fourth-order valence-corrected chi connectivity index (χ4v) is 5.51. The molecule has 3 aliphatic carbocycles. The van der Waals surface area contributed by atoms with Gasteiger partial charge in [-0.05, 0) is 67.1 Å². The first kappa shape index (κ1) is 26.4. The fourth-order valence-electron chi connectivity index (χ4n) is 5.51. The lowest BCUT2D eigenvalue weighted by molar-refractivity contribution is -0.143. The Balaban J connectivity index is 0.000000579. The lowest BCUT2D eigenvalue weighted by Crippen LogP contribution is -2.49. The van der Waals surface area contributed by atoms with Gasteiger partial charge in [0.2, 0.25) is 0 Å². The Morgan fingerprint density at radius 1 is 1.03 bits per heavy atom. The number of rotatable bonds is 2. The van der Waals surface area contributed by atoms with E-state index in [0.717, 1.165) is 37.1 Å². The highest BCUT2D eigenvalue weighted by Crippen LogP contribution is 2.56. The fraction of sp³-hybridized carbons (Fsp3) is 0.720. The topological polar surface area (TPSA) is 67.8 Å². The smallest absolute Gasteiger partial charge is 0.164 e. The van der Waals surface area contributed by atoms with E-state index >= 15 is 0 Å². The number of Topliss-reactive ketones (excluding diaryl/α,β-unsaturated/α-hetero) is 1. The van der Waals surface area contributed by atoms with E-state index in [-0.39, 0.29) is 11.7 Å². The first-order valence-electron chi connectivity index (χ1n) is 11.5. The van der Waals surface area contributed by atoms with E-state index in [0.29, 0.717) is 24.7 Å². The van der Waals surface area contributed by atoms with E-state index in [1.54, 1.807) is 21.3 Å². The molecule has 0 aromatic heterocycles. The second-order valence-corrected chi connectivity index (χ2v) is 7.71. The molecule has 0 aliphatic heterocycles. The molecule has 3 aliphatic rings. The summed E-state index contributed by atoms with van der Waals surface area (Å²) in [5.41, 5.74) is 2.83. The molecule has 2 N–H and O–H groups in total. The Hall–Kier alpha value is -1.59. The van der Waals surface area contributed by atoms with Crippen molar-refractivity contribution < 1.29 is 19.4 Å². The molecule has 0 saturated heterocycles. The van der Waals surface area contributed by atoms with E-state index < -0.39 is 5.60 Å². The monoisotopic (exact) mass is 421 g/mol. The Labute approximate surface area is 183 Å². The zero-order valence-corrected chi connectivity index (χ0v) is 20.3. The quantitative estimate of drug-likeness (QED) is 0.687. The summed E-state index contributed by atoms with van der Waals surface area (Å²) in [7, 11) is 6.90. The number of aliphatic hydroxyl groups is 1. The van der Waals surface area contributed by atoms with Gasteiger partial charge < -0.3 is 19.9 Å². The minimum atomic E-state index is -1.03. The predicted octanol–water partition coefficient (Wildman–Crippen LogP) is 5.20. The van der Waals surface area contributed by atoms with Crippen LogP contribution in [-0.4, -0.2) is 44.9 Å². The van der Waals surface area contributed by atoms with Crippen molar-refractivity contribution in [1.29, 1.82) is 0 Å². The van der Waals surface area contributed by atoms with Gasteiger partial charge in [-0.3, -0.25) is 4.79 Å². The molecule has 1 aromatic carbocycles. The standard InChI is InChI=1S/C19H25NO3.C2H6O.2C2H6/c1-20-18-14-4-3-13-12(11(14)5-7-16(18)23-2)9-10-19(22)15(13)6-8-17(19)21;1-3-2;2*1-2/h5,7,12-13,15,20,22H,3-4,6,8-10H2,1-2H3;1-2H3;2*1-2H3. The normalized spacial score (nSPS) is 28.0. The molecule has 0 spiro atoms. The Bertz CT molecular complexity index is 675. The molecule has 172 valence electrons. The van der Waals surface area contributed by atoms with Gasteiger partial charge in [-0.25, -0.2) is 0 Å². The molecule has 30 heavy (non-hydrogen) atoms.